The molecule has 18 heavy (non-hydrogen) atoms. The fraction of sp³-hybridized carbons (Fsp3) is 0.714. The predicted octanol–water partition coefficient (Wildman–Crippen LogP) is 2.23. The average molecular weight is 248 g/mol. The topological polar surface area (TPSA) is 49.8 Å². The van der Waals surface area contributed by atoms with Crippen LogP contribution in [0, 0.1) is 5.41 Å². The van der Waals surface area contributed by atoms with Gasteiger partial charge in [-0.1, -0.05) is 20.8 Å². The van der Waals surface area contributed by atoms with Crippen molar-refractivity contribution in [2.75, 3.05) is 18.4 Å². The van der Waals surface area contributed by atoms with E-state index in [-0.39, 0.29) is 0 Å². The Hall–Kier alpha value is -1.16. The molecule has 0 bridgehead atoms. The standard InChI is InChI=1S/C14H24N4/c1-4-11-8-13(18-10-17-11)16-9-12-14(2,3)6-5-7-15-12/h8,10,12,15H,4-7,9H2,1-3H3,(H,16,17,18). The summed E-state index contributed by atoms with van der Waals surface area (Å²) >= 11 is 0. The summed E-state index contributed by atoms with van der Waals surface area (Å²) in [5, 5.41) is 7.03. The number of piperidine rings is 1. The molecule has 1 aromatic rings. The highest BCUT2D eigenvalue weighted by molar-refractivity contribution is 5.35. The van der Waals surface area contributed by atoms with Crippen LogP contribution in [0.4, 0.5) is 5.82 Å². The third-order valence-electron chi connectivity index (χ3n) is 3.91. The van der Waals surface area contributed by atoms with Crippen molar-refractivity contribution in [2.45, 2.75) is 46.1 Å². The Bertz CT molecular complexity index is 389. The minimum absolute atomic E-state index is 0.353. The summed E-state index contributed by atoms with van der Waals surface area (Å²) in [6.45, 7) is 8.83. The Balaban J connectivity index is 1.94. The quantitative estimate of drug-likeness (QED) is 0.858. The minimum Gasteiger partial charge on any atom is -0.368 e. The van der Waals surface area contributed by atoms with Gasteiger partial charge in [0.1, 0.15) is 12.1 Å². The van der Waals surface area contributed by atoms with Crippen LogP contribution in [-0.4, -0.2) is 29.1 Å². The van der Waals surface area contributed by atoms with E-state index in [1.165, 1.54) is 12.8 Å². The van der Waals surface area contributed by atoms with Gasteiger partial charge in [0.15, 0.2) is 0 Å². The van der Waals surface area contributed by atoms with Gasteiger partial charge in [0.2, 0.25) is 0 Å². The second-order valence-corrected chi connectivity index (χ2v) is 5.73. The highest BCUT2D eigenvalue weighted by Gasteiger charge is 2.31. The normalized spacial score (nSPS) is 22.7. The molecule has 1 aromatic heterocycles. The fourth-order valence-electron chi connectivity index (χ4n) is 2.51. The van der Waals surface area contributed by atoms with Gasteiger partial charge >= 0.3 is 0 Å². The molecule has 0 aromatic carbocycles. The van der Waals surface area contributed by atoms with E-state index in [0.717, 1.165) is 31.0 Å². The number of hydrogen-bond acceptors (Lipinski definition) is 4. The van der Waals surface area contributed by atoms with Crippen molar-refractivity contribution in [1.82, 2.24) is 15.3 Å². The zero-order chi connectivity index (χ0) is 13.0. The van der Waals surface area contributed by atoms with E-state index in [1.54, 1.807) is 6.33 Å². The Morgan fingerprint density at radius 1 is 1.44 bits per heavy atom. The maximum absolute atomic E-state index is 4.27. The smallest absolute Gasteiger partial charge is 0.129 e. The molecule has 4 heteroatoms. The van der Waals surface area contributed by atoms with Gasteiger partial charge in [-0.05, 0) is 31.2 Å². The molecule has 1 aliphatic rings. The van der Waals surface area contributed by atoms with Gasteiger partial charge in [-0.25, -0.2) is 9.97 Å². The maximum Gasteiger partial charge on any atom is 0.129 e. The van der Waals surface area contributed by atoms with E-state index in [9.17, 15) is 0 Å². The first-order chi connectivity index (χ1) is 8.62. The van der Waals surface area contributed by atoms with E-state index < -0.39 is 0 Å². The lowest BCUT2D eigenvalue weighted by Crippen LogP contribution is -2.50. The van der Waals surface area contributed by atoms with Crippen molar-refractivity contribution in [3.05, 3.63) is 18.1 Å². The molecule has 0 saturated carbocycles. The van der Waals surface area contributed by atoms with Crippen LogP contribution >= 0.6 is 0 Å². The molecule has 4 nitrogen and oxygen atoms in total. The fourth-order valence-corrected chi connectivity index (χ4v) is 2.51. The number of nitrogens with zero attached hydrogens (tertiary/aromatic N) is 2. The summed E-state index contributed by atoms with van der Waals surface area (Å²) in [4.78, 5) is 8.48. The summed E-state index contributed by atoms with van der Waals surface area (Å²) in [6, 6.07) is 2.54. The van der Waals surface area contributed by atoms with Crippen LogP contribution in [-0.2, 0) is 6.42 Å². The first kappa shape index (κ1) is 13.3. The molecule has 0 aliphatic carbocycles. The summed E-state index contributed by atoms with van der Waals surface area (Å²) in [7, 11) is 0. The third kappa shape index (κ3) is 3.19. The Kier molecular flexibility index (Phi) is 4.17. The van der Waals surface area contributed by atoms with Crippen LogP contribution < -0.4 is 10.6 Å². The van der Waals surface area contributed by atoms with Crippen LogP contribution in [0.2, 0.25) is 0 Å². The van der Waals surface area contributed by atoms with E-state index in [4.69, 9.17) is 0 Å². The molecule has 0 spiro atoms. The number of aromatic nitrogens is 2. The van der Waals surface area contributed by atoms with Crippen LogP contribution in [0.1, 0.15) is 39.3 Å². The number of rotatable bonds is 4. The van der Waals surface area contributed by atoms with E-state index in [1.807, 2.05) is 6.07 Å². The first-order valence-corrected chi connectivity index (χ1v) is 6.90. The molecule has 0 amide bonds. The molecule has 1 fully saturated rings. The van der Waals surface area contributed by atoms with Crippen molar-refractivity contribution < 1.29 is 0 Å². The summed E-state index contributed by atoms with van der Waals surface area (Å²) in [5.41, 5.74) is 1.44. The number of nitrogens with one attached hydrogen (secondary N) is 2. The van der Waals surface area contributed by atoms with Gasteiger partial charge in [0, 0.05) is 24.3 Å². The monoisotopic (exact) mass is 248 g/mol. The average Bonchev–Trinajstić information content (AvgIpc) is 2.37. The predicted molar refractivity (Wildman–Crippen MR) is 74.7 cm³/mol. The Morgan fingerprint density at radius 3 is 3.00 bits per heavy atom. The van der Waals surface area contributed by atoms with E-state index in [0.29, 0.717) is 11.5 Å². The summed E-state index contributed by atoms with van der Waals surface area (Å²) < 4.78 is 0. The van der Waals surface area contributed by atoms with Gasteiger partial charge < -0.3 is 10.6 Å². The summed E-state index contributed by atoms with van der Waals surface area (Å²) in [5.74, 6) is 0.935. The number of hydrogen-bond donors (Lipinski definition) is 2. The van der Waals surface area contributed by atoms with Crippen molar-refractivity contribution in [3.63, 3.8) is 0 Å². The van der Waals surface area contributed by atoms with E-state index >= 15 is 0 Å². The number of anilines is 1. The summed E-state index contributed by atoms with van der Waals surface area (Å²) in [6.07, 6.45) is 5.15. The van der Waals surface area contributed by atoms with Crippen molar-refractivity contribution >= 4 is 5.82 Å². The molecule has 0 radical (unpaired) electrons. The van der Waals surface area contributed by atoms with Crippen molar-refractivity contribution in [2.24, 2.45) is 5.41 Å². The maximum atomic E-state index is 4.27. The van der Waals surface area contributed by atoms with Gasteiger partial charge in [0.25, 0.3) is 0 Å². The van der Waals surface area contributed by atoms with Gasteiger partial charge in [-0.2, -0.15) is 0 Å². The Labute approximate surface area is 110 Å². The zero-order valence-corrected chi connectivity index (χ0v) is 11.7. The van der Waals surface area contributed by atoms with Crippen LogP contribution in [0.25, 0.3) is 0 Å². The van der Waals surface area contributed by atoms with Crippen LogP contribution in [0.15, 0.2) is 12.4 Å². The molecule has 2 rings (SSSR count). The molecule has 2 heterocycles. The molecular formula is C14H24N4. The molecule has 100 valence electrons. The largest absolute Gasteiger partial charge is 0.368 e. The molecule has 1 unspecified atom stereocenters. The van der Waals surface area contributed by atoms with Gasteiger partial charge in [0.05, 0.1) is 0 Å². The molecule has 1 aliphatic heterocycles. The highest BCUT2D eigenvalue weighted by Crippen LogP contribution is 2.30. The lowest BCUT2D eigenvalue weighted by atomic mass is 9.77. The molecule has 1 atom stereocenters. The third-order valence-corrected chi connectivity index (χ3v) is 3.91. The van der Waals surface area contributed by atoms with Crippen molar-refractivity contribution in [1.29, 1.82) is 0 Å². The highest BCUT2D eigenvalue weighted by atomic mass is 15.1. The Morgan fingerprint density at radius 2 is 2.28 bits per heavy atom. The second-order valence-electron chi connectivity index (χ2n) is 5.73. The SMILES string of the molecule is CCc1cc(NCC2NCCCC2(C)C)ncn1. The minimum atomic E-state index is 0.353. The zero-order valence-electron chi connectivity index (χ0n) is 11.7. The number of aryl methyl sites for hydroxylation is 1. The molecule has 1 saturated heterocycles. The van der Waals surface area contributed by atoms with Gasteiger partial charge in [-0.3, -0.25) is 0 Å². The molecule has 2 N–H and O–H groups in total. The lowest BCUT2D eigenvalue weighted by molar-refractivity contribution is 0.188. The van der Waals surface area contributed by atoms with E-state index in [2.05, 4.69) is 41.4 Å². The molecular weight excluding hydrogens is 224 g/mol. The van der Waals surface area contributed by atoms with Crippen molar-refractivity contribution in [3.8, 4) is 0 Å². The van der Waals surface area contributed by atoms with Crippen LogP contribution in [0.5, 0.6) is 0 Å². The second kappa shape index (κ2) is 5.65. The lowest BCUT2D eigenvalue weighted by Gasteiger charge is -2.39. The van der Waals surface area contributed by atoms with Crippen LogP contribution in [0.3, 0.4) is 0 Å². The first-order valence-electron chi connectivity index (χ1n) is 6.90. The van der Waals surface area contributed by atoms with Gasteiger partial charge in [-0.15, -0.1) is 0 Å².